The molecule has 3 fully saturated rings. The zero-order valence-electron chi connectivity index (χ0n) is 9.16. The summed E-state index contributed by atoms with van der Waals surface area (Å²) in [6.45, 7) is 10.8. The SMILES string of the molecule is CCN1CC2CCC1CN2C(C)C. The number of piperazine rings is 1. The molecule has 0 aliphatic carbocycles. The minimum atomic E-state index is 0.742. The van der Waals surface area contributed by atoms with Crippen LogP contribution in [0.3, 0.4) is 0 Å². The van der Waals surface area contributed by atoms with Crippen molar-refractivity contribution in [2.75, 3.05) is 19.6 Å². The molecule has 3 aliphatic rings. The van der Waals surface area contributed by atoms with Gasteiger partial charge in [-0.05, 0) is 33.2 Å². The number of nitrogens with zero attached hydrogens (tertiary/aromatic N) is 2. The highest BCUT2D eigenvalue weighted by Gasteiger charge is 2.38. The molecule has 0 aromatic heterocycles. The fraction of sp³-hybridized carbons (Fsp3) is 1.00. The third kappa shape index (κ3) is 1.62. The molecule has 3 saturated heterocycles. The predicted molar refractivity (Wildman–Crippen MR) is 55.9 cm³/mol. The van der Waals surface area contributed by atoms with Crippen molar-refractivity contribution in [1.29, 1.82) is 0 Å². The summed E-state index contributed by atoms with van der Waals surface area (Å²) >= 11 is 0. The molecule has 0 amide bonds. The van der Waals surface area contributed by atoms with Crippen LogP contribution in [-0.2, 0) is 0 Å². The van der Waals surface area contributed by atoms with Gasteiger partial charge in [-0.25, -0.2) is 0 Å². The van der Waals surface area contributed by atoms with E-state index < -0.39 is 0 Å². The van der Waals surface area contributed by atoms with E-state index in [0.29, 0.717) is 0 Å². The molecular formula is C11H22N2. The molecule has 0 radical (unpaired) electrons. The molecule has 76 valence electrons. The zero-order valence-corrected chi connectivity index (χ0v) is 9.16. The Balaban J connectivity index is 2.03. The Kier molecular flexibility index (Phi) is 2.61. The highest BCUT2D eigenvalue weighted by Crippen LogP contribution is 2.29. The quantitative estimate of drug-likeness (QED) is 0.639. The second kappa shape index (κ2) is 3.58. The van der Waals surface area contributed by atoms with Crippen molar-refractivity contribution >= 4 is 0 Å². The maximum Gasteiger partial charge on any atom is 0.0227 e. The normalized spacial score (nSPS) is 36.0. The fourth-order valence-electron chi connectivity index (χ4n) is 2.97. The van der Waals surface area contributed by atoms with E-state index in [1.54, 1.807) is 0 Å². The third-order valence-corrected chi connectivity index (χ3v) is 3.75. The largest absolute Gasteiger partial charge is 0.298 e. The molecule has 2 unspecified atom stereocenters. The monoisotopic (exact) mass is 182 g/mol. The van der Waals surface area contributed by atoms with Crippen molar-refractivity contribution in [3.05, 3.63) is 0 Å². The standard InChI is InChI=1S/C11H22N2/c1-4-12-7-11-6-5-10(12)8-13(11)9(2)3/h9-11H,4-8H2,1-3H3. The summed E-state index contributed by atoms with van der Waals surface area (Å²) < 4.78 is 0. The number of rotatable bonds is 2. The van der Waals surface area contributed by atoms with Crippen LogP contribution in [0.1, 0.15) is 33.6 Å². The minimum absolute atomic E-state index is 0.742. The summed E-state index contributed by atoms with van der Waals surface area (Å²) in [6.07, 6.45) is 2.86. The fourth-order valence-corrected chi connectivity index (χ4v) is 2.97. The molecule has 2 heteroatoms. The molecule has 2 bridgehead atoms. The van der Waals surface area contributed by atoms with Gasteiger partial charge < -0.3 is 0 Å². The average Bonchev–Trinajstić information content (AvgIpc) is 2.18. The van der Waals surface area contributed by atoms with Gasteiger partial charge in [-0.15, -0.1) is 0 Å². The average molecular weight is 182 g/mol. The Morgan fingerprint density at radius 1 is 1.15 bits per heavy atom. The maximum absolute atomic E-state index is 2.69. The molecule has 2 atom stereocenters. The second-order valence-electron chi connectivity index (χ2n) is 4.76. The number of hydrogen-bond acceptors (Lipinski definition) is 2. The minimum Gasteiger partial charge on any atom is -0.298 e. The molecule has 2 nitrogen and oxygen atoms in total. The van der Waals surface area contributed by atoms with Gasteiger partial charge in [-0.1, -0.05) is 6.92 Å². The Hall–Kier alpha value is -0.0800. The van der Waals surface area contributed by atoms with Gasteiger partial charge in [0.1, 0.15) is 0 Å². The molecular weight excluding hydrogens is 160 g/mol. The summed E-state index contributed by atoms with van der Waals surface area (Å²) in [4.78, 5) is 5.35. The first-order valence-corrected chi connectivity index (χ1v) is 5.72. The van der Waals surface area contributed by atoms with Crippen molar-refractivity contribution in [2.24, 2.45) is 0 Å². The number of likely N-dealkylation sites (N-methyl/N-ethyl adjacent to an activating group) is 1. The Morgan fingerprint density at radius 3 is 2.31 bits per heavy atom. The van der Waals surface area contributed by atoms with E-state index in [0.717, 1.165) is 18.1 Å². The molecule has 3 aliphatic heterocycles. The van der Waals surface area contributed by atoms with E-state index >= 15 is 0 Å². The third-order valence-electron chi connectivity index (χ3n) is 3.75. The van der Waals surface area contributed by atoms with Gasteiger partial charge >= 0.3 is 0 Å². The van der Waals surface area contributed by atoms with Crippen LogP contribution in [0.25, 0.3) is 0 Å². The van der Waals surface area contributed by atoms with Gasteiger partial charge in [0.05, 0.1) is 0 Å². The van der Waals surface area contributed by atoms with Gasteiger partial charge in [0.15, 0.2) is 0 Å². The van der Waals surface area contributed by atoms with E-state index in [9.17, 15) is 0 Å². The molecule has 0 aromatic rings. The molecule has 0 N–H and O–H groups in total. The molecule has 3 heterocycles. The summed E-state index contributed by atoms with van der Waals surface area (Å²) in [5, 5.41) is 0. The van der Waals surface area contributed by atoms with Crippen LogP contribution in [-0.4, -0.2) is 47.6 Å². The van der Waals surface area contributed by atoms with Crippen molar-refractivity contribution in [1.82, 2.24) is 9.80 Å². The van der Waals surface area contributed by atoms with Gasteiger partial charge in [0.25, 0.3) is 0 Å². The van der Waals surface area contributed by atoms with Crippen LogP contribution in [0.5, 0.6) is 0 Å². The first-order chi connectivity index (χ1) is 6.22. The van der Waals surface area contributed by atoms with E-state index in [-0.39, 0.29) is 0 Å². The van der Waals surface area contributed by atoms with E-state index in [1.807, 2.05) is 0 Å². The topological polar surface area (TPSA) is 6.48 Å². The Labute approximate surface area is 81.9 Å². The van der Waals surface area contributed by atoms with E-state index in [2.05, 4.69) is 30.6 Å². The Morgan fingerprint density at radius 2 is 1.85 bits per heavy atom. The molecule has 0 saturated carbocycles. The van der Waals surface area contributed by atoms with Crippen LogP contribution in [0.15, 0.2) is 0 Å². The van der Waals surface area contributed by atoms with Crippen LogP contribution < -0.4 is 0 Å². The Bertz CT molecular complexity index is 179. The lowest BCUT2D eigenvalue weighted by molar-refractivity contribution is -0.0333. The first-order valence-electron chi connectivity index (χ1n) is 5.72. The first kappa shape index (κ1) is 9.47. The summed E-state index contributed by atoms with van der Waals surface area (Å²) in [7, 11) is 0. The number of hydrogen-bond donors (Lipinski definition) is 0. The van der Waals surface area contributed by atoms with E-state index in [1.165, 1.54) is 32.5 Å². The second-order valence-corrected chi connectivity index (χ2v) is 4.76. The molecule has 3 rings (SSSR count). The van der Waals surface area contributed by atoms with Gasteiger partial charge in [-0.3, -0.25) is 9.80 Å². The number of fused-ring (bicyclic) bond motifs is 3. The van der Waals surface area contributed by atoms with Crippen LogP contribution >= 0.6 is 0 Å². The summed E-state index contributed by atoms with van der Waals surface area (Å²) in [5.41, 5.74) is 0. The lowest BCUT2D eigenvalue weighted by Crippen LogP contribution is -2.63. The molecule has 0 aromatic carbocycles. The van der Waals surface area contributed by atoms with Crippen LogP contribution in [0.4, 0.5) is 0 Å². The number of piperidine rings is 2. The molecule has 13 heavy (non-hydrogen) atoms. The molecule has 0 spiro atoms. The smallest absolute Gasteiger partial charge is 0.0227 e. The van der Waals surface area contributed by atoms with Gasteiger partial charge in [0.2, 0.25) is 0 Å². The maximum atomic E-state index is 2.69. The predicted octanol–water partition coefficient (Wildman–Crippen LogP) is 1.56. The van der Waals surface area contributed by atoms with Crippen molar-refractivity contribution in [3.8, 4) is 0 Å². The van der Waals surface area contributed by atoms with Crippen molar-refractivity contribution < 1.29 is 0 Å². The van der Waals surface area contributed by atoms with Crippen LogP contribution in [0.2, 0.25) is 0 Å². The van der Waals surface area contributed by atoms with Gasteiger partial charge in [0, 0.05) is 31.2 Å². The lowest BCUT2D eigenvalue weighted by Gasteiger charge is -2.53. The summed E-state index contributed by atoms with van der Waals surface area (Å²) in [5.74, 6) is 0. The van der Waals surface area contributed by atoms with Crippen LogP contribution in [0, 0.1) is 0 Å². The summed E-state index contributed by atoms with van der Waals surface area (Å²) in [6, 6.07) is 2.45. The lowest BCUT2D eigenvalue weighted by atomic mass is 9.90. The van der Waals surface area contributed by atoms with Gasteiger partial charge in [-0.2, -0.15) is 0 Å². The highest BCUT2D eigenvalue weighted by molar-refractivity contribution is 4.95. The highest BCUT2D eigenvalue weighted by atomic mass is 15.3. The zero-order chi connectivity index (χ0) is 9.42. The van der Waals surface area contributed by atoms with Crippen molar-refractivity contribution in [3.63, 3.8) is 0 Å². The van der Waals surface area contributed by atoms with E-state index in [4.69, 9.17) is 0 Å². The van der Waals surface area contributed by atoms with Crippen molar-refractivity contribution in [2.45, 2.75) is 51.7 Å².